The van der Waals surface area contributed by atoms with Crippen LogP contribution in [0.15, 0.2) is 12.1 Å². The molecule has 0 aliphatic heterocycles. The van der Waals surface area contributed by atoms with Gasteiger partial charge in [0, 0.05) is 36.1 Å². The topological polar surface area (TPSA) is 21.3 Å². The van der Waals surface area contributed by atoms with E-state index in [0.717, 1.165) is 26.0 Å². The third-order valence-electron chi connectivity index (χ3n) is 3.33. The third-order valence-corrected chi connectivity index (χ3v) is 4.74. The van der Waals surface area contributed by atoms with Gasteiger partial charge in [0.15, 0.2) is 0 Å². The Morgan fingerprint density at radius 1 is 1.39 bits per heavy atom. The number of ether oxygens (including phenoxy) is 1. The summed E-state index contributed by atoms with van der Waals surface area (Å²) >= 11 is 1.92. The third kappa shape index (κ3) is 5.09. The number of hydrogen-bond acceptors (Lipinski definition) is 3. The lowest BCUT2D eigenvalue weighted by molar-refractivity contribution is 0.149. The average Bonchev–Trinajstić information content (AvgIpc) is 2.82. The van der Waals surface area contributed by atoms with E-state index in [1.807, 2.05) is 11.3 Å². The van der Waals surface area contributed by atoms with E-state index in [-0.39, 0.29) is 5.41 Å². The Bertz CT molecular complexity index is 346. The predicted molar refractivity (Wildman–Crippen MR) is 80.4 cm³/mol. The van der Waals surface area contributed by atoms with Gasteiger partial charge in [0.2, 0.25) is 0 Å². The monoisotopic (exact) mass is 269 g/mol. The van der Waals surface area contributed by atoms with Crippen molar-refractivity contribution in [2.24, 2.45) is 5.41 Å². The van der Waals surface area contributed by atoms with Crippen LogP contribution in [0.4, 0.5) is 0 Å². The van der Waals surface area contributed by atoms with Crippen molar-refractivity contribution >= 4 is 11.3 Å². The molecule has 1 rings (SSSR count). The fraction of sp³-hybridized carbons (Fsp3) is 0.733. The molecule has 104 valence electrons. The van der Waals surface area contributed by atoms with Gasteiger partial charge in [-0.05, 0) is 37.3 Å². The van der Waals surface area contributed by atoms with Gasteiger partial charge < -0.3 is 10.1 Å². The summed E-state index contributed by atoms with van der Waals surface area (Å²) < 4.78 is 5.16. The molecule has 0 aromatic carbocycles. The van der Waals surface area contributed by atoms with E-state index in [1.54, 1.807) is 7.11 Å². The number of nitrogens with one attached hydrogen (secondary N) is 1. The van der Waals surface area contributed by atoms with Crippen LogP contribution in [0.3, 0.4) is 0 Å². The number of rotatable bonds is 8. The van der Waals surface area contributed by atoms with Crippen molar-refractivity contribution < 1.29 is 4.74 Å². The minimum atomic E-state index is 0.287. The van der Waals surface area contributed by atoms with E-state index >= 15 is 0 Å². The molecule has 1 N–H and O–H groups in total. The summed E-state index contributed by atoms with van der Waals surface area (Å²) in [7, 11) is 1.77. The van der Waals surface area contributed by atoms with E-state index in [2.05, 4.69) is 45.1 Å². The van der Waals surface area contributed by atoms with Crippen LogP contribution in [0.1, 0.15) is 49.9 Å². The second-order valence-electron chi connectivity index (χ2n) is 5.67. The zero-order valence-electron chi connectivity index (χ0n) is 12.4. The molecule has 0 bridgehead atoms. The molecule has 0 fully saturated rings. The molecule has 1 aromatic rings. The zero-order valence-corrected chi connectivity index (χ0v) is 13.2. The molecule has 0 saturated carbocycles. The van der Waals surface area contributed by atoms with Crippen molar-refractivity contribution in [1.29, 1.82) is 0 Å². The summed E-state index contributed by atoms with van der Waals surface area (Å²) in [4.78, 5) is 2.91. The van der Waals surface area contributed by atoms with Crippen LogP contribution in [0.2, 0.25) is 0 Å². The largest absolute Gasteiger partial charge is 0.385 e. The SMILES string of the molecule is CCc1ccc(C(C)NCC(C)(C)CCOC)s1. The molecule has 1 aromatic heterocycles. The Kier molecular flexibility index (Phi) is 6.33. The molecule has 1 heterocycles. The van der Waals surface area contributed by atoms with Gasteiger partial charge in [-0.3, -0.25) is 0 Å². The zero-order chi connectivity index (χ0) is 13.6. The fourth-order valence-corrected chi connectivity index (χ4v) is 2.79. The Hall–Kier alpha value is -0.380. The molecular formula is C15H27NOS. The highest BCUT2D eigenvalue weighted by Gasteiger charge is 2.19. The van der Waals surface area contributed by atoms with Crippen LogP contribution in [-0.2, 0) is 11.2 Å². The molecule has 0 spiro atoms. The van der Waals surface area contributed by atoms with Crippen molar-refractivity contribution in [3.8, 4) is 0 Å². The number of thiophene rings is 1. The van der Waals surface area contributed by atoms with E-state index in [1.165, 1.54) is 9.75 Å². The Morgan fingerprint density at radius 2 is 2.11 bits per heavy atom. The van der Waals surface area contributed by atoms with Crippen molar-refractivity contribution in [3.05, 3.63) is 21.9 Å². The summed E-state index contributed by atoms with van der Waals surface area (Å²) in [6.45, 7) is 10.9. The molecule has 1 unspecified atom stereocenters. The van der Waals surface area contributed by atoms with E-state index in [0.29, 0.717) is 6.04 Å². The minimum absolute atomic E-state index is 0.287. The van der Waals surface area contributed by atoms with Crippen molar-refractivity contribution in [1.82, 2.24) is 5.32 Å². The first-order valence-electron chi connectivity index (χ1n) is 6.79. The summed E-state index contributed by atoms with van der Waals surface area (Å²) in [6.07, 6.45) is 2.23. The van der Waals surface area contributed by atoms with Crippen LogP contribution in [0, 0.1) is 5.41 Å². The molecule has 1 atom stereocenters. The lowest BCUT2D eigenvalue weighted by atomic mass is 9.89. The Morgan fingerprint density at radius 3 is 2.67 bits per heavy atom. The maximum Gasteiger partial charge on any atom is 0.0467 e. The predicted octanol–water partition coefficient (Wildman–Crippen LogP) is 4.02. The summed E-state index contributed by atoms with van der Waals surface area (Å²) in [5, 5.41) is 3.64. The van der Waals surface area contributed by atoms with Gasteiger partial charge >= 0.3 is 0 Å². The van der Waals surface area contributed by atoms with Gasteiger partial charge in [-0.1, -0.05) is 20.8 Å². The van der Waals surface area contributed by atoms with Gasteiger partial charge in [-0.2, -0.15) is 0 Å². The van der Waals surface area contributed by atoms with Gasteiger partial charge in [0.05, 0.1) is 0 Å². The van der Waals surface area contributed by atoms with Crippen molar-refractivity contribution in [2.75, 3.05) is 20.3 Å². The first-order valence-corrected chi connectivity index (χ1v) is 7.61. The summed E-state index contributed by atoms with van der Waals surface area (Å²) in [5.41, 5.74) is 0.287. The lowest BCUT2D eigenvalue weighted by Crippen LogP contribution is -2.31. The summed E-state index contributed by atoms with van der Waals surface area (Å²) in [6, 6.07) is 4.94. The molecule has 0 saturated heterocycles. The quantitative estimate of drug-likeness (QED) is 0.769. The highest BCUT2D eigenvalue weighted by molar-refractivity contribution is 7.12. The van der Waals surface area contributed by atoms with E-state index in [4.69, 9.17) is 4.74 Å². The smallest absolute Gasteiger partial charge is 0.0467 e. The van der Waals surface area contributed by atoms with Crippen LogP contribution < -0.4 is 5.32 Å². The highest BCUT2D eigenvalue weighted by Crippen LogP contribution is 2.25. The second-order valence-corrected chi connectivity index (χ2v) is 6.87. The fourth-order valence-electron chi connectivity index (χ4n) is 1.81. The van der Waals surface area contributed by atoms with Crippen LogP contribution in [0.5, 0.6) is 0 Å². The number of aryl methyl sites for hydroxylation is 1. The van der Waals surface area contributed by atoms with Crippen LogP contribution >= 0.6 is 11.3 Å². The molecule has 0 aliphatic rings. The second kappa shape index (κ2) is 7.27. The molecule has 0 amide bonds. The molecule has 0 radical (unpaired) electrons. The Balaban J connectivity index is 2.42. The normalized spacial score (nSPS) is 13.8. The van der Waals surface area contributed by atoms with Crippen LogP contribution in [0.25, 0.3) is 0 Å². The van der Waals surface area contributed by atoms with Gasteiger partial charge in [-0.25, -0.2) is 0 Å². The van der Waals surface area contributed by atoms with Crippen molar-refractivity contribution in [2.45, 2.75) is 46.6 Å². The standard InChI is InChI=1S/C15H27NOS/c1-6-13-7-8-14(18-13)12(2)16-11-15(3,4)9-10-17-5/h7-8,12,16H,6,9-11H2,1-5H3. The number of methoxy groups -OCH3 is 1. The van der Waals surface area contributed by atoms with Crippen molar-refractivity contribution in [3.63, 3.8) is 0 Å². The molecule has 0 aliphatic carbocycles. The minimum Gasteiger partial charge on any atom is -0.385 e. The Labute approximate surface area is 116 Å². The van der Waals surface area contributed by atoms with Gasteiger partial charge in [0.1, 0.15) is 0 Å². The van der Waals surface area contributed by atoms with Crippen LogP contribution in [-0.4, -0.2) is 20.3 Å². The first-order chi connectivity index (χ1) is 8.48. The average molecular weight is 269 g/mol. The molecule has 18 heavy (non-hydrogen) atoms. The van der Waals surface area contributed by atoms with E-state index in [9.17, 15) is 0 Å². The lowest BCUT2D eigenvalue weighted by Gasteiger charge is -2.26. The maximum atomic E-state index is 5.16. The molecular weight excluding hydrogens is 242 g/mol. The molecule has 3 heteroatoms. The maximum absolute atomic E-state index is 5.16. The molecule has 2 nitrogen and oxygen atoms in total. The number of hydrogen-bond donors (Lipinski definition) is 1. The first kappa shape index (κ1) is 15.7. The van der Waals surface area contributed by atoms with E-state index < -0.39 is 0 Å². The summed E-state index contributed by atoms with van der Waals surface area (Å²) in [5.74, 6) is 0. The van der Waals surface area contributed by atoms with Gasteiger partial charge in [0.25, 0.3) is 0 Å². The highest BCUT2D eigenvalue weighted by atomic mass is 32.1. The van der Waals surface area contributed by atoms with Gasteiger partial charge in [-0.15, -0.1) is 11.3 Å².